The molecule has 1 atom stereocenters. The second-order valence-electron chi connectivity index (χ2n) is 5.14. The highest BCUT2D eigenvalue weighted by atomic mass is 15.3. The fourth-order valence-corrected chi connectivity index (χ4v) is 3.01. The molecule has 2 aliphatic heterocycles. The minimum Gasteiger partial charge on any atom is -0.366 e. The molecule has 17 heavy (non-hydrogen) atoms. The third-order valence-corrected chi connectivity index (χ3v) is 3.74. The quantitative estimate of drug-likeness (QED) is 0.738. The van der Waals surface area contributed by atoms with Gasteiger partial charge in [-0.05, 0) is 38.8 Å². The number of anilines is 2. The predicted octanol–water partition coefficient (Wildman–Crippen LogP) is 2.71. The van der Waals surface area contributed by atoms with Gasteiger partial charge in [0.25, 0.3) is 0 Å². The second kappa shape index (κ2) is 3.76. The van der Waals surface area contributed by atoms with Crippen LogP contribution in [0, 0.1) is 6.92 Å². The number of hydrogen-bond donors (Lipinski definition) is 0. The lowest BCUT2D eigenvalue weighted by Gasteiger charge is -2.47. The minimum atomic E-state index is 0.558. The second-order valence-corrected chi connectivity index (χ2v) is 5.14. The molecule has 2 aliphatic rings. The summed E-state index contributed by atoms with van der Waals surface area (Å²) < 4.78 is 0. The maximum atomic E-state index is 4.72. The molecule has 0 unspecified atom stereocenters. The van der Waals surface area contributed by atoms with Crippen molar-refractivity contribution in [3.63, 3.8) is 0 Å². The van der Waals surface area contributed by atoms with Gasteiger partial charge in [-0.2, -0.15) is 0 Å². The first kappa shape index (κ1) is 10.6. The van der Waals surface area contributed by atoms with Gasteiger partial charge in [0.05, 0.1) is 11.7 Å². The highest BCUT2D eigenvalue weighted by molar-refractivity contribution is 5.73. The summed E-state index contributed by atoms with van der Waals surface area (Å²) in [6.07, 6.45) is 2.51. The van der Waals surface area contributed by atoms with E-state index >= 15 is 0 Å². The van der Waals surface area contributed by atoms with Gasteiger partial charge < -0.3 is 9.80 Å². The van der Waals surface area contributed by atoms with Crippen molar-refractivity contribution < 1.29 is 0 Å². The van der Waals surface area contributed by atoms with E-state index in [-0.39, 0.29) is 0 Å². The predicted molar refractivity (Wildman–Crippen MR) is 71.5 cm³/mol. The summed E-state index contributed by atoms with van der Waals surface area (Å²) >= 11 is 0. The first-order valence-corrected chi connectivity index (χ1v) is 6.34. The molecule has 1 fully saturated rings. The van der Waals surface area contributed by atoms with E-state index in [2.05, 4.69) is 42.4 Å². The molecule has 3 heterocycles. The molecule has 0 saturated carbocycles. The fourth-order valence-electron chi connectivity index (χ4n) is 3.01. The number of aryl methyl sites for hydroxylation is 1. The standard InChI is InChI=1S/C14H19N3/c1-10(2)17-12-5-4-8-16(9-12)13-7-6-11(3)15-14(13)17/h6-7,12H,1,4-5,8-9H2,2-3H3/t12-/m1/s1. The lowest BCUT2D eigenvalue weighted by molar-refractivity contribution is 0.471. The van der Waals surface area contributed by atoms with Crippen LogP contribution >= 0.6 is 0 Å². The lowest BCUT2D eigenvalue weighted by atomic mass is 9.99. The number of aromatic nitrogens is 1. The van der Waals surface area contributed by atoms with Crippen molar-refractivity contribution in [2.75, 3.05) is 22.9 Å². The molecule has 0 radical (unpaired) electrons. The van der Waals surface area contributed by atoms with Crippen LogP contribution in [0.3, 0.4) is 0 Å². The zero-order chi connectivity index (χ0) is 12.0. The SMILES string of the molecule is C=C(C)N1c2nc(C)ccc2N2CCC[C@@H]1C2. The average molecular weight is 229 g/mol. The Morgan fingerprint density at radius 1 is 1.47 bits per heavy atom. The largest absolute Gasteiger partial charge is 0.366 e. The summed E-state index contributed by atoms with van der Waals surface area (Å²) in [5, 5.41) is 0. The van der Waals surface area contributed by atoms with E-state index in [4.69, 9.17) is 4.98 Å². The molecule has 0 amide bonds. The summed E-state index contributed by atoms with van der Waals surface area (Å²) in [7, 11) is 0. The number of fused-ring (bicyclic) bond motifs is 4. The van der Waals surface area contributed by atoms with Crippen molar-refractivity contribution >= 4 is 11.5 Å². The Labute approximate surface area is 103 Å². The summed E-state index contributed by atoms with van der Waals surface area (Å²) in [4.78, 5) is 9.52. The van der Waals surface area contributed by atoms with Crippen LogP contribution in [0.5, 0.6) is 0 Å². The molecule has 0 aliphatic carbocycles. The highest BCUT2D eigenvalue weighted by Crippen LogP contribution is 2.39. The van der Waals surface area contributed by atoms with Crippen molar-refractivity contribution in [3.8, 4) is 0 Å². The Morgan fingerprint density at radius 3 is 3.06 bits per heavy atom. The Hall–Kier alpha value is -1.51. The van der Waals surface area contributed by atoms with Gasteiger partial charge in [-0.15, -0.1) is 0 Å². The maximum Gasteiger partial charge on any atom is 0.156 e. The summed E-state index contributed by atoms with van der Waals surface area (Å²) in [6.45, 7) is 10.5. The van der Waals surface area contributed by atoms with Crippen molar-refractivity contribution in [1.82, 2.24) is 4.98 Å². The van der Waals surface area contributed by atoms with Crippen molar-refractivity contribution in [2.24, 2.45) is 0 Å². The van der Waals surface area contributed by atoms with E-state index in [1.807, 2.05) is 0 Å². The molecule has 3 nitrogen and oxygen atoms in total. The summed E-state index contributed by atoms with van der Waals surface area (Å²) in [5.74, 6) is 1.11. The zero-order valence-corrected chi connectivity index (χ0v) is 10.6. The monoisotopic (exact) mass is 229 g/mol. The van der Waals surface area contributed by atoms with Crippen LogP contribution in [0.25, 0.3) is 0 Å². The topological polar surface area (TPSA) is 19.4 Å². The average Bonchev–Trinajstić information content (AvgIpc) is 2.28. The maximum absolute atomic E-state index is 4.72. The normalized spacial score (nSPS) is 22.4. The number of hydrogen-bond acceptors (Lipinski definition) is 3. The third kappa shape index (κ3) is 1.61. The molecule has 0 N–H and O–H groups in total. The molecule has 0 spiro atoms. The number of allylic oxidation sites excluding steroid dienone is 1. The Kier molecular flexibility index (Phi) is 2.35. The number of piperidine rings is 1. The van der Waals surface area contributed by atoms with Gasteiger partial charge in [-0.1, -0.05) is 6.58 Å². The summed E-state index contributed by atoms with van der Waals surface area (Å²) in [5.41, 5.74) is 3.46. The Morgan fingerprint density at radius 2 is 2.29 bits per heavy atom. The van der Waals surface area contributed by atoms with Crippen molar-refractivity contribution in [2.45, 2.75) is 32.7 Å². The van der Waals surface area contributed by atoms with Crippen LogP contribution in [0.2, 0.25) is 0 Å². The Bertz CT molecular complexity index is 467. The van der Waals surface area contributed by atoms with E-state index in [0.717, 1.165) is 30.3 Å². The molecule has 3 heteroatoms. The number of pyridine rings is 1. The number of nitrogens with zero attached hydrogens (tertiary/aromatic N) is 3. The lowest BCUT2D eigenvalue weighted by Crippen LogP contribution is -2.52. The Balaban J connectivity index is 2.15. The van der Waals surface area contributed by atoms with E-state index in [1.165, 1.54) is 18.5 Å². The van der Waals surface area contributed by atoms with Gasteiger partial charge in [-0.25, -0.2) is 4.98 Å². The molecule has 0 aromatic carbocycles. The van der Waals surface area contributed by atoms with Gasteiger partial charge in [-0.3, -0.25) is 0 Å². The van der Waals surface area contributed by atoms with Crippen molar-refractivity contribution in [3.05, 3.63) is 30.1 Å². The van der Waals surface area contributed by atoms with Gasteiger partial charge in [0.1, 0.15) is 0 Å². The van der Waals surface area contributed by atoms with Crippen LogP contribution in [0.1, 0.15) is 25.5 Å². The zero-order valence-electron chi connectivity index (χ0n) is 10.6. The minimum absolute atomic E-state index is 0.558. The molecule has 90 valence electrons. The molecule has 1 aromatic heterocycles. The van der Waals surface area contributed by atoms with Gasteiger partial charge in [0.2, 0.25) is 0 Å². The molecule has 3 rings (SSSR count). The third-order valence-electron chi connectivity index (χ3n) is 3.74. The van der Waals surface area contributed by atoms with Gasteiger partial charge >= 0.3 is 0 Å². The number of rotatable bonds is 1. The van der Waals surface area contributed by atoms with E-state index in [0.29, 0.717) is 6.04 Å². The van der Waals surface area contributed by atoms with E-state index in [9.17, 15) is 0 Å². The van der Waals surface area contributed by atoms with Crippen LogP contribution in [-0.4, -0.2) is 24.1 Å². The van der Waals surface area contributed by atoms with Crippen molar-refractivity contribution in [1.29, 1.82) is 0 Å². The molecule has 1 aromatic rings. The highest BCUT2D eigenvalue weighted by Gasteiger charge is 2.34. The first-order chi connectivity index (χ1) is 8.16. The van der Waals surface area contributed by atoms with Gasteiger partial charge in [0.15, 0.2) is 5.82 Å². The molecule has 1 saturated heterocycles. The molecule has 2 bridgehead atoms. The molecular weight excluding hydrogens is 210 g/mol. The van der Waals surface area contributed by atoms with E-state index in [1.54, 1.807) is 0 Å². The van der Waals surface area contributed by atoms with Crippen LogP contribution < -0.4 is 9.80 Å². The smallest absolute Gasteiger partial charge is 0.156 e. The molecular formula is C14H19N3. The van der Waals surface area contributed by atoms with Crippen LogP contribution in [-0.2, 0) is 0 Å². The van der Waals surface area contributed by atoms with Crippen LogP contribution in [0.4, 0.5) is 11.5 Å². The van der Waals surface area contributed by atoms with E-state index < -0.39 is 0 Å². The fraction of sp³-hybridized carbons (Fsp3) is 0.500. The summed E-state index contributed by atoms with van der Waals surface area (Å²) in [6, 6.07) is 4.86. The van der Waals surface area contributed by atoms with Gasteiger partial charge in [0, 0.05) is 24.5 Å². The first-order valence-electron chi connectivity index (χ1n) is 6.34. The van der Waals surface area contributed by atoms with Crippen LogP contribution in [0.15, 0.2) is 24.4 Å².